The quantitative estimate of drug-likeness (QED) is 0.793. The molecule has 0 spiro atoms. The summed E-state index contributed by atoms with van der Waals surface area (Å²) in [5.74, 6) is -0.501. The van der Waals surface area contributed by atoms with Crippen LogP contribution in [0.2, 0.25) is 4.47 Å². The summed E-state index contributed by atoms with van der Waals surface area (Å²) < 4.78 is 31.8. The third-order valence-corrected chi connectivity index (χ3v) is 6.54. The fraction of sp³-hybridized carbons (Fsp3) is 0.273. The lowest BCUT2D eigenvalue weighted by Crippen LogP contribution is -2.29. The lowest BCUT2D eigenvalue weighted by Gasteiger charge is -2.15. The Bertz CT molecular complexity index is 712. The molecule has 0 bridgehead atoms. The molecule has 0 saturated heterocycles. The average molecular weight is 367 g/mol. The molecule has 0 aliphatic carbocycles. The Balaban J connectivity index is 2.24. The van der Waals surface area contributed by atoms with Gasteiger partial charge >= 0.3 is 5.97 Å². The monoisotopic (exact) mass is 366 g/mol. The van der Waals surface area contributed by atoms with Crippen LogP contribution in [0, 0.1) is 0 Å². The van der Waals surface area contributed by atoms with Crippen LogP contribution in [0.25, 0.3) is 0 Å². The molecule has 2 aromatic heterocycles. The molecule has 21 heavy (non-hydrogen) atoms. The fourth-order valence-corrected chi connectivity index (χ4v) is 4.93. The molecule has 0 radical (unpaired) electrons. The van der Waals surface area contributed by atoms with Crippen molar-refractivity contribution in [2.45, 2.75) is 16.7 Å². The van der Waals surface area contributed by atoms with Gasteiger partial charge in [0.05, 0.1) is 25.8 Å². The van der Waals surface area contributed by atoms with E-state index in [2.05, 4.69) is 14.4 Å². The molecule has 114 valence electrons. The van der Waals surface area contributed by atoms with Gasteiger partial charge in [-0.3, -0.25) is 4.79 Å². The first-order valence-electron chi connectivity index (χ1n) is 5.66. The predicted molar refractivity (Wildman–Crippen MR) is 81.1 cm³/mol. The van der Waals surface area contributed by atoms with Crippen LogP contribution in [0.15, 0.2) is 27.9 Å². The number of rotatable bonds is 6. The van der Waals surface area contributed by atoms with Crippen LogP contribution < -0.4 is 4.72 Å². The predicted octanol–water partition coefficient (Wildman–Crippen LogP) is 2.44. The minimum absolute atomic E-state index is 0.000998. The number of nitrogens with one attached hydrogen (secondary N) is 1. The minimum atomic E-state index is -3.80. The van der Waals surface area contributed by atoms with Crippen molar-refractivity contribution in [2.24, 2.45) is 0 Å². The lowest BCUT2D eigenvalue weighted by molar-refractivity contribution is -0.141. The molecule has 0 fully saturated rings. The number of carbonyl (C=O) groups excluding carboxylic acids is 1. The van der Waals surface area contributed by atoms with Gasteiger partial charge in [-0.05, 0) is 11.4 Å². The van der Waals surface area contributed by atoms with Gasteiger partial charge in [-0.15, -0.1) is 11.3 Å². The van der Waals surface area contributed by atoms with Crippen molar-refractivity contribution in [3.8, 4) is 0 Å². The first kappa shape index (κ1) is 16.4. The van der Waals surface area contributed by atoms with Gasteiger partial charge in [-0.1, -0.05) is 29.0 Å². The number of ether oxygens (including phenoxy) is 1. The highest BCUT2D eigenvalue weighted by Crippen LogP contribution is 2.27. The highest BCUT2D eigenvalue weighted by Gasteiger charge is 2.26. The molecular formula is C11H11ClN2O4S3. The summed E-state index contributed by atoms with van der Waals surface area (Å²) in [4.78, 5) is 15.9. The maximum Gasteiger partial charge on any atom is 0.307 e. The highest BCUT2D eigenvalue weighted by molar-refractivity contribution is 7.91. The molecule has 0 aromatic carbocycles. The van der Waals surface area contributed by atoms with Crippen molar-refractivity contribution in [1.82, 2.24) is 9.71 Å². The van der Waals surface area contributed by atoms with Gasteiger partial charge < -0.3 is 4.74 Å². The normalized spacial score (nSPS) is 13.0. The standard InChI is InChI=1S/C11H11ClN2O4S3/c1-18-9(15)5-7(8-3-2-4-19-8)14-21(16,17)10-6-13-11(12)20-10/h2-4,6-7,14H,5H2,1H3. The first-order valence-corrected chi connectivity index (χ1v) is 9.22. The maximum atomic E-state index is 12.3. The molecule has 1 unspecified atom stereocenters. The molecule has 0 saturated carbocycles. The van der Waals surface area contributed by atoms with Crippen molar-refractivity contribution in [3.63, 3.8) is 0 Å². The van der Waals surface area contributed by atoms with Crippen LogP contribution in [0.4, 0.5) is 0 Å². The van der Waals surface area contributed by atoms with Gasteiger partial charge in [0, 0.05) is 4.88 Å². The summed E-state index contributed by atoms with van der Waals surface area (Å²) in [6.45, 7) is 0. The number of esters is 1. The molecule has 1 N–H and O–H groups in total. The lowest BCUT2D eigenvalue weighted by atomic mass is 10.2. The number of sulfonamides is 1. The van der Waals surface area contributed by atoms with E-state index in [-0.39, 0.29) is 15.1 Å². The van der Waals surface area contributed by atoms with Crippen LogP contribution in [0.3, 0.4) is 0 Å². The number of hydrogen-bond acceptors (Lipinski definition) is 7. The van der Waals surface area contributed by atoms with Gasteiger partial charge in [-0.25, -0.2) is 18.1 Å². The van der Waals surface area contributed by atoms with Crippen molar-refractivity contribution < 1.29 is 17.9 Å². The summed E-state index contributed by atoms with van der Waals surface area (Å²) in [6.07, 6.45) is 1.09. The largest absolute Gasteiger partial charge is 0.469 e. The van der Waals surface area contributed by atoms with Crippen molar-refractivity contribution >= 4 is 50.3 Å². The molecule has 6 nitrogen and oxygen atoms in total. The molecule has 0 aliphatic heterocycles. The topological polar surface area (TPSA) is 85.4 Å². The van der Waals surface area contributed by atoms with Crippen LogP contribution in [0.1, 0.15) is 17.3 Å². The van der Waals surface area contributed by atoms with Gasteiger partial charge in [0.1, 0.15) is 0 Å². The van der Waals surface area contributed by atoms with Crippen molar-refractivity contribution in [2.75, 3.05) is 7.11 Å². The third-order valence-electron chi connectivity index (χ3n) is 2.50. The number of methoxy groups -OCH3 is 1. The van der Waals surface area contributed by atoms with E-state index in [1.54, 1.807) is 17.5 Å². The molecule has 2 heterocycles. The van der Waals surface area contributed by atoms with E-state index in [1.165, 1.54) is 24.6 Å². The third kappa shape index (κ3) is 4.24. The number of halogens is 1. The molecular weight excluding hydrogens is 356 g/mol. The molecule has 1 atom stereocenters. The number of thiophene rings is 1. The van der Waals surface area contributed by atoms with Gasteiger partial charge in [-0.2, -0.15) is 0 Å². The number of nitrogens with zero attached hydrogens (tertiary/aromatic N) is 1. The van der Waals surface area contributed by atoms with Crippen molar-refractivity contribution in [1.29, 1.82) is 0 Å². The zero-order valence-corrected chi connectivity index (χ0v) is 14.0. The average Bonchev–Trinajstić information content (AvgIpc) is 3.08. The SMILES string of the molecule is COC(=O)CC(NS(=O)(=O)c1cnc(Cl)s1)c1cccs1. The van der Waals surface area contributed by atoms with E-state index in [0.29, 0.717) is 0 Å². The van der Waals surface area contributed by atoms with Gasteiger partial charge in [0.15, 0.2) is 8.68 Å². The van der Waals surface area contributed by atoms with E-state index < -0.39 is 22.0 Å². The summed E-state index contributed by atoms with van der Waals surface area (Å²) in [6, 6.07) is 2.84. The molecule has 2 aromatic rings. The number of aromatic nitrogens is 1. The molecule has 0 amide bonds. The van der Waals surface area contributed by atoms with E-state index >= 15 is 0 Å². The minimum Gasteiger partial charge on any atom is -0.469 e. The second-order valence-corrected chi connectivity index (χ2v) is 8.43. The Morgan fingerprint density at radius 2 is 2.33 bits per heavy atom. The summed E-state index contributed by atoms with van der Waals surface area (Å²) >= 11 is 7.85. The Morgan fingerprint density at radius 3 is 2.86 bits per heavy atom. The summed E-state index contributed by atoms with van der Waals surface area (Å²) in [7, 11) is -2.54. The summed E-state index contributed by atoms with van der Waals surface area (Å²) in [5.41, 5.74) is 0. The Kier molecular flexibility index (Phi) is 5.33. The van der Waals surface area contributed by atoms with Crippen LogP contribution >= 0.6 is 34.3 Å². The second kappa shape index (κ2) is 6.84. The number of thiazole rings is 1. The van der Waals surface area contributed by atoms with E-state index in [4.69, 9.17) is 11.6 Å². The van der Waals surface area contributed by atoms with E-state index in [0.717, 1.165) is 16.2 Å². The van der Waals surface area contributed by atoms with Crippen LogP contribution in [0.5, 0.6) is 0 Å². The maximum absolute atomic E-state index is 12.3. The fourth-order valence-electron chi connectivity index (χ4n) is 1.55. The highest BCUT2D eigenvalue weighted by atomic mass is 35.5. The Hall–Kier alpha value is -1.000. The zero-order valence-electron chi connectivity index (χ0n) is 10.8. The van der Waals surface area contributed by atoms with Crippen molar-refractivity contribution in [3.05, 3.63) is 33.1 Å². The van der Waals surface area contributed by atoms with Gasteiger partial charge in [0.2, 0.25) is 0 Å². The van der Waals surface area contributed by atoms with Gasteiger partial charge in [0.25, 0.3) is 10.0 Å². The molecule has 0 aliphatic rings. The Labute approximate surface area is 134 Å². The molecule has 2 rings (SSSR count). The van der Waals surface area contributed by atoms with Crippen LogP contribution in [-0.4, -0.2) is 26.5 Å². The zero-order chi connectivity index (χ0) is 15.5. The number of hydrogen-bond donors (Lipinski definition) is 1. The van der Waals surface area contributed by atoms with E-state index in [9.17, 15) is 13.2 Å². The summed E-state index contributed by atoms with van der Waals surface area (Å²) in [5, 5.41) is 1.80. The first-order chi connectivity index (χ1) is 9.92. The molecule has 10 heteroatoms. The smallest absolute Gasteiger partial charge is 0.307 e. The second-order valence-electron chi connectivity index (χ2n) is 3.90. The van der Waals surface area contributed by atoms with E-state index in [1.807, 2.05) is 0 Å². The Morgan fingerprint density at radius 1 is 1.57 bits per heavy atom. The number of carbonyl (C=O) groups is 1. The van der Waals surface area contributed by atoms with Crippen LogP contribution in [-0.2, 0) is 19.6 Å².